The van der Waals surface area contributed by atoms with Gasteiger partial charge in [0.2, 0.25) is 0 Å². The Kier molecular flexibility index (Phi) is 3.29. The maximum atomic E-state index is 9.28. The summed E-state index contributed by atoms with van der Waals surface area (Å²) in [4.78, 5) is 0. The standard InChI is InChI=1S/C14H18N2O/c1-10-6-4-5-7-13(10)8-16-12(3)14(9-17)11(2)15-16/h4-7,17H,8-9H2,1-3H3. The monoisotopic (exact) mass is 230 g/mol. The molecule has 3 heteroatoms. The van der Waals surface area contributed by atoms with Crippen molar-refractivity contribution in [3.05, 3.63) is 52.3 Å². The topological polar surface area (TPSA) is 38.0 Å². The van der Waals surface area contributed by atoms with E-state index in [2.05, 4.69) is 24.2 Å². The van der Waals surface area contributed by atoms with Crippen LogP contribution in [0.4, 0.5) is 0 Å². The highest BCUT2D eigenvalue weighted by Crippen LogP contribution is 2.16. The van der Waals surface area contributed by atoms with Gasteiger partial charge in [-0.3, -0.25) is 4.68 Å². The fraction of sp³-hybridized carbons (Fsp3) is 0.357. The molecule has 1 aromatic carbocycles. The Hall–Kier alpha value is -1.61. The smallest absolute Gasteiger partial charge is 0.0718 e. The SMILES string of the molecule is Cc1ccccc1Cn1nc(C)c(CO)c1C. The van der Waals surface area contributed by atoms with Crippen LogP contribution < -0.4 is 0 Å². The van der Waals surface area contributed by atoms with Crippen molar-refractivity contribution >= 4 is 0 Å². The molecule has 0 amide bonds. The lowest BCUT2D eigenvalue weighted by Crippen LogP contribution is -2.05. The van der Waals surface area contributed by atoms with Crippen LogP contribution in [-0.4, -0.2) is 14.9 Å². The third-order valence-electron chi connectivity index (χ3n) is 3.27. The van der Waals surface area contributed by atoms with Gasteiger partial charge in [-0.15, -0.1) is 0 Å². The molecule has 0 aliphatic heterocycles. The molecule has 0 bridgehead atoms. The minimum Gasteiger partial charge on any atom is -0.392 e. The van der Waals surface area contributed by atoms with Crippen LogP contribution in [-0.2, 0) is 13.2 Å². The normalized spacial score (nSPS) is 10.8. The first kappa shape index (κ1) is 11.9. The minimum absolute atomic E-state index is 0.0610. The van der Waals surface area contributed by atoms with Crippen LogP contribution in [0.5, 0.6) is 0 Å². The van der Waals surface area contributed by atoms with Crippen molar-refractivity contribution in [2.75, 3.05) is 0 Å². The lowest BCUT2D eigenvalue weighted by atomic mass is 10.1. The largest absolute Gasteiger partial charge is 0.392 e. The van der Waals surface area contributed by atoms with E-state index in [1.807, 2.05) is 30.7 Å². The average molecular weight is 230 g/mol. The first-order chi connectivity index (χ1) is 8.13. The highest BCUT2D eigenvalue weighted by molar-refractivity contribution is 5.28. The van der Waals surface area contributed by atoms with Crippen molar-refractivity contribution < 1.29 is 5.11 Å². The molecule has 0 aliphatic rings. The van der Waals surface area contributed by atoms with Crippen LogP contribution in [0, 0.1) is 20.8 Å². The Morgan fingerprint density at radius 1 is 1.18 bits per heavy atom. The van der Waals surface area contributed by atoms with Gasteiger partial charge in [0.05, 0.1) is 18.8 Å². The molecular formula is C14H18N2O. The molecule has 1 heterocycles. The maximum Gasteiger partial charge on any atom is 0.0718 e. The first-order valence-corrected chi connectivity index (χ1v) is 5.81. The van der Waals surface area contributed by atoms with Crippen LogP contribution in [0.15, 0.2) is 24.3 Å². The summed E-state index contributed by atoms with van der Waals surface area (Å²) in [6.07, 6.45) is 0. The van der Waals surface area contributed by atoms with Gasteiger partial charge in [0.15, 0.2) is 0 Å². The Balaban J connectivity index is 2.34. The van der Waals surface area contributed by atoms with E-state index >= 15 is 0 Å². The summed E-state index contributed by atoms with van der Waals surface area (Å²) >= 11 is 0. The van der Waals surface area contributed by atoms with Gasteiger partial charge >= 0.3 is 0 Å². The van der Waals surface area contributed by atoms with Gasteiger partial charge in [0, 0.05) is 11.3 Å². The second-order valence-electron chi connectivity index (χ2n) is 4.39. The van der Waals surface area contributed by atoms with E-state index in [0.717, 1.165) is 23.5 Å². The number of aliphatic hydroxyl groups is 1. The van der Waals surface area contributed by atoms with E-state index in [4.69, 9.17) is 0 Å². The summed E-state index contributed by atoms with van der Waals surface area (Å²) in [7, 11) is 0. The van der Waals surface area contributed by atoms with Crippen LogP contribution in [0.2, 0.25) is 0 Å². The number of nitrogens with zero attached hydrogens (tertiary/aromatic N) is 2. The third kappa shape index (κ3) is 2.24. The fourth-order valence-electron chi connectivity index (χ4n) is 2.07. The van der Waals surface area contributed by atoms with Gasteiger partial charge in [-0.05, 0) is 31.9 Å². The number of aliphatic hydroxyl groups excluding tert-OH is 1. The zero-order chi connectivity index (χ0) is 12.4. The Bertz CT molecular complexity index is 529. The summed E-state index contributed by atoms with van der Waals surface area (Å²) < 4.78 is 1.96. The molecule has 0 atom stereocenters. The molecule has 0 aliphatic carbocycles. The van der Waals surface area contributed by atoms with Crippen molar-refractivity contribution in [2.45, 2.75) is 33.9 Å². The van der Waals surface area contributed by atoms with Crippen LogP contribution in [0.25, 0.3) is 0 Å². The van der Waals surface area contributed by atoms with Crippen molar-refractivity contribution in [3.8, 4) is 0 Å². The molecule has 3 nitrogen and oxygen atoms in total. The van der Waals surface area contributed by atoms with Crippen LogP contribution in [0.3, 0.4) is 0 Å². The van der Waals surface area contributed by atoms with E-state index in [-0.39, 0.29) is 6.61 Å². The van der Waals surface area contributed by atoms with Gasteiger partial charge in [0.25, 0.3) is 0 Å². The molecule has 2 rings (SSSR count). The number of aryl methyl sites for hydroxylation is 2. The quantitative estimate of drug-likeness (QED) is 0.879. The molecular weight excluding hydrogens is 212 g/mol. The second-order valence-corrected chi connectivity index (χ2v) is 4.39. The number of aromatic nitrogens is 2. The third-order valence-corrected chi connectivity index (χ3v) is 3.27. The Morgan fingerprint density at radius 2 is 1.88 bits per heavy atom. The molecule has 2 aromatic rings. The zero-order valence-corrected chi connectivity index (χ0v) is 10.6. The van der Waals surface area contributed by atoms with E-state index in [1.165, 1.54) is 11.1 Å². The van der Waals surface area contributed by atoms with Crippen molar-refractivity contribution in [3.63, 3.8) is 0 Å². The maximum absolute atomic E-state index is 9.28. The number of benzene rings is 1. The lowest BCUT2D eigenvalue weighted by Gasteiger charge is -2.07. The number of hydrogen-bond donors (Lipinski definition) is 1. The highest BCUT2D eigenvalue weighted by Gasteiger charge is 2.10. The summed E-state index contributed by atoms with van der Waals surface area (Å²) in [5, 5.41) is 13.8. The molecule has 0 spiro atoms. The van der Waals surface area contributed by atoms with Crippen molar-refractivity contribution in [1.29, 1.82) is 0 Å². The molecule has 0 unspecified atom stereocenters. The van der Waals surface area contributed by atoms with E-state index in [9.17, 15) is 5.11 Å². The molecule has 0 fully saturated rings. The summed E-state index contributed by atoms with van der Waals surface area (Å²) in [6.45, 7) is 6.87. The fourth-order valence-corrected chi connectivity index (χ4v) is 2.07. The minimum atomic E-state index is 0.0610. The molecule has 0 saturated heterocycles. The van der Waals surface area contributed by atoms with Crippen molar-refractivity contribution in [2.24, 2.45) is 0 Å². The van der Waals surface area contributed by atoms with Crippen molar-refractivity contribution in [1.82, 2.24) is 9.78 Å². The number of rotatable bonds is 3. The molecule has 0 saturated carbocycles. The zero-order valence-electron chi connectivity index (χ0n) is 10.6. The summed E-state index contributed by atoms with van der Waals surface area (Å²) in [5.74, 6) is 0. The van der Waals surface area contributed by atoms with E-state index in [1.54, 1.807) is 0 Å². The average Bonchev–Trinajstić information content (AvgIpc) is 2.57. The predicted molar refractivity (Wildman–Crippen MR) is 67.9 cm³/mol. The number of hydrogen-bond acceptors (Lipinski definition) is 2. The Morgan fingerprint density at radius 3 is 2.47 bits per heavy atom. The predicted octanol–water partition coefficient (Wildman–Crippen LogP) is 2.35. The van der Waals surface area contributed by atoms with Crippen LogP contribution >= 0.6 is 0 Å². The molecule has 90 valence electrons. The van der Waals surface area contributed by atoms with Gasteiger partial charge in [-0.25, -0.2) is 0 Å². The van der Waals surface area contributed by atoms with Gasteiger partial charge in [-0.1, -0.05) is 24.3 Å². The van der Waals surface area contributed by atoms with Gasteiger partial charge < -0.3 is 5.11 Å². The van der Waals surface area contributed by atoms with Gasteiger partial charge in [-0.2, -0.15) is 5.10 Å². The molecule has 17 heavy (non-hydrogen) atoms. The Labute approximate surface area is 102 Å². The summed E-state index contributed by atoms with van der Waals surface area (Å²) in [6, 6.07) is 8.30. The lowest BCUT2D eigenvalue weighted by molar-refractivity contribution is 0.280. The van der Waals surface area contributed by atoms with Crippen LogP contribution in [0.1, 0.15) is 28.1 Å². The van der Waals surface area contributed by atoms with E-state index < -0.39 is 0 Å². The molecule has 1 N–H and O–H groups in total. The summed E-state index contributed by atoms with van der Waals surface area (Å²) in [5.41, 5.74) is 5.44. The molecule has 0 radical (unpaired) electrons. The first-order valence-electron chi connectivity index (χ1n) is 5.81. The van der Waals surface area contributed by atoms with E-state index in [0.29, 0.717) is 0 Å². The second kappa shape index (κ2) is 4.72. The molecule has 1 aromatic heterocycles. The van der Waals surface area contributed by atoms with Gasteiger partial charge in [0.1, 0.15) is 0 Å². The highest BCUT2D eigenvalue weighted by atomic mass is 16.3.